The van der Waals surface area contributed by atoms with Crippen molar-refractivity contribution in [1.29, 1.82) is 0 Å². The molecule has 144 valence electrons. The summed E-state index contributed by atoms with van der Waals surface area (Å²) >= 11 is 0. The summed E-state index contributed by atoms with van der Waals surface area (Å²) in [5.41, 5.74) is -5.48. The van der Waals surface area contributed by atoms with Gasteiger partial charge in [-0.2, -0.15) is 21.6 Å². The molecule has 0 saturated carbocycles. The lowest BCUT2D eigenvalue weighted by molar-refractivity contribution is -0.0500. The highest BCUT2D eigenvalue weighted by molar-refractivity contribution is 7.88. The monoisotopic (exact) mass is 406 g/mol. The van der Waals surface area contributed by atoms with E-state index in [9.17, 15) is 21.6 Å². The fourth-order valence-corrected chi connectivity index (χ4v) is 5.02. The van der Waals surface area contributed by atoms with Crippen LogP contribution in [0.3, 0.4) is 0 Å². The number of hydrogen-bond acceptors (Lipinski definition) is 4. The third-order valence-electron chi connectivity index (χ3n) is 3.82. The summed E-state index contributed by atoms with van der Waals surface area (Å²) in [6.45, 7) is 6.22. The second-order valence-electron chi connectivity index (χ2n) is 6.59. The highest BCUT2D eigenvalue weighted by Gasteiger charge is 2.48. The first-order valence-corrected chi connectivity index (χ1v) is 12.7. The van der Waals surface area contributed by atoms with Crippen molar-refractivity contribution in [1.82, 2.24) is 0 Å². The van der Waals surface area contributed by atoms with Crippen molar-refractivity contribution in [2.24, 2.45) is 0 Å². The largest absolute Gasteiger partial charge is 0.544 e. The van der Waals surface area contributed by atoms with Gasteiger partial charge in [0.1, 0.15) is 11.5 Å². The molecular weight excluding hydrogens is 385 g/mol. The lowest BCUT2D eigenvalue weighted by Crippen LogP contribution is -2.33. The van der Waals surface area contributed by atoms with Crippen molar-refractivity contribution in [3.8, 4) is 11.5 Å². The van der Waals surface area contributed by atoms with Crippen molar-refractivity contribution < 1.29 is 30.2 Å². The molecule has 0 amide bonds. The first-order valence-electron chi connectivity index (χ1n) is 8.18. The van der Waals surface area contributed by atoms with E-state index in [4.69, 9.17) is 4.43 Å². The van der Waals surface area contributed by atoms with Gasteiger partial charge >= 0.3 is 15.6 Å². The van der Waals surface area contributed by atoms with E-state index >= 15 is 0 Å². The Hall–Kier alpha value is -1.74. The van der Waals surface area contributed by atoms with Crippen LogP contribution in [0, 0.1) is 0 Å². The van der Waals surface area contributed by atoms with E-state index in [0.717, 1.165) is 24.3 Å². The van der Waals surface area contributed by atoms with Crippen LogP contribution < -0.4 is 8.61 Å². The van der Waals surface area contributed by atoms with Crippen molar-refractivity contribution in [2.75, 3.05) is 0 Å². The molecule has 0 N–H and O–H groups in total. The van der Waals surface area contributed by atoms with Gasteiger partial charge in [-0.05, 0) is 42.7 Å². The lowest BCUT2D eigenvalue weighted by Gasteiger charge is -2.25. The van der Waals surface area contributed by atoms with Crippen LogP contribution >= 0.6 is 0 Å². The number of hydrogen-bond donors (Lipinski definition) is 0. The van der Waals surface area contributed by atoms with Crippen LogP contribution in [0.4, 0.5) is 13.2 Å². The average molecular weight is 406 g/mol. The van der Waals surface area contributed by atoms with E-state index in [2.05, 4.69) is 24.2 Å². The lowest BCUT2D eigenvalue weighted by atomic mass is 10.1. The van der Waals surface area contributed by atoms with E-state index in [-0.39, 0.29) is 0 Å². The van der Waals surface area contributed by atoms with E-state index in [1.165, 1.54) is 18.2 Å². The molecule has 0 aliphatic heterocycles. The predicted molar refractivity (Wildman–Crippen MR) is 97.4 cm³/mol. The molecule has 0 heterocycles. The number of alkyl halides is 3. The molecule has 0 fully saturated rings. The molecule has 0 aromatic heterocycles. The topological polar surface area (TPSA) is 52.6 Å². The number of benzene rings is 2. The minimum Gasteiger partial charge on any atom is -0.544 e. The molecule has 0 aliphatic rings. The zero-order valence-corrected chi connectivity index (χ0v) is 16.6. The van der Waals surface area contributed by atoms with Crippen molar-refractivity contribution in [3.05, 3.63) is 36.4 Å². The van der Waals surface area contributed by atoms with Crippen LogP contribution in [0.25, 0.3) is 10.8 Å². The van der Waals surface area contributed by atoms with Gasteiger partial charge in [0.05, 0.1) is 0 Å². The molecule has 26 heavy (non-hydrogen) atoms. The molecule has 4 nitrogen and oxygen atoms in total. The molecule has 0 saturated heterocycles. The minimum absolute atomic E-state index is 0.404. The van der Waals surface area contributed by atoms with Crippen LogP contribution in [0.2, 0.25) is 19.1 Å². The van der Waals surface area contributed by atoms with Gasteiger partial charge in [0.2, 0.25) is 8.32 Å². The van der Waals surface area contributed by atoms with E-state index < -0.39 is 29.7 Å². The summed E-state index contributed by atoms with van der Waals surface area (Å²) in [4.78, 5) is 0. The van der Waals surface area contributed by atoms with Gasteiger partial charge in [-0.25, -0.2) is 0 Å². The molecule has 0 aliphatic carbocycles. The molecule has 0 radical (unpaired) electrons. The van der Waals surface area contributed by atoms with Gasteiger partial charge in [-0.3, -0.25) is 0 Å². The Morgan fingerprint density at radius 3 is 2.42 bits per heavy atom. The third kappa shape index (κ3) is 4.91. The third-order valence-corrected chi connectivity index (χ3v) is 7.13. The normalized spacial score (nSPS) is 13.0. The first kappa shape index (κ1) is 20.6. The van der Waals surface area contributed by atoms with Gasteiger partial charge in [-0.1, -0.05) is 38.0 Å². The molecule has 0 bridgehead atoms. The summed E-state index contributed by atoms with van der Waals surface area (Å²) in [5, 5.41) is 1.24. The highest BCUT2D eigenvalue weighted by Crippen LogP contribution is 2.34. The number of fused-ring (bicyclic) bond motifs is 1. The second kappa shape index (κ2) is 7.48. The van der Waals surface area contributed by atoms with Crippen LogP contribution in [-0.2, 0) is 10.1 Å². The van der Waals surface area contributed by atoms with E-state index in [1.807, 2.05) is 0 Å². The molecule has 2 aromatic rings. The van der Waals surface area contributed by atoms with Crippen molar-refractivity contribution in [3.63, 3.8) is 0 Å². The quantitative estimate of drug-likeness (QED) is 0.348. The molecule has 0 unspecified atom stereocenters. The maximum absolute atomic E-state index is 12.5. The standard InChI is InChI=1S/C17H21F3O4SSi/c1-4-5-11-26(2,3)24-16-8-6-7-13-9-10-14(12-15(13)16)23-25(21,22)17(18,19)20/h6-10,12H,4-5,11H2,1-3H3. The van der Waals surface area contributed by atoms with Crippen LogP contribution in [0.15, 0.2) is 36.4 Å². The Balaban J connectivity index is 2.39. The van der Waals surface area contributed by atoms with E-state index in [1.54, 1.807) is 18.2 Å². The van der Waals surface area contributed by atoms with Gasteiger partial charge in [0.15, 0.2) is 0 Å². The average Bonchev–Trinajstić information content (AvgIpc) is 2.52. The van der Waals surface area contributed by atoms with Gasteiger partial charge in [0, 0.05) is 5.39 Å². The smallest absolute Gasteiger partial charge is 0.534 e. The van der Waals surface area contributed by atoms with Gasteiger partial charge in [0.25, 0.3) is 0 Å². The Labute approximate surface area is 152 Å². The Morgan fingerprint density at radius 1 is 1.12 bits per heavy atom. The fraction of sp³-hybridized carbons (Fsp3) is 0.412. The zero-order valence-electron chi connectivity index (χ0n) is 14.8. The number of rotatable bonds is 7. The molecule has 2 aromatic carbocycles. The summed E-state index contributed by atoms with van der Waals surface area (Å²) in [7, 11) is -7.73. The minimum atomic E-state index is -5.71. The summed E-state index contributed by atoms with van der Waals surface area (Å²) in [6.07, 6.45) is 2.07. The summed E-state index contributed by atoms with van der Waals surface area (Å²) in [6, 6.07) is 10.2. The Morgan fingerprint density at radius 2 is 1.81 bits per heavy atom. The van der Waals surface area contributed by atoms with E-state index in [0.29, 0.717) is 11.1 Å². The summed E-state index contributed by atoms with van der Waals surface area (Å²) in [5.74, 6) is 0.115. The van der Waals surface area contributed by atoms with Gasteiger partial charge < -0.3 is 8.61 Å². The maximum atomic E-state index is 12.5. The second-order valence-corrected chi connectivity index (χ2v) is 12.3. The highest BCUT2D eigenvalue weighted by atomic mass is 32.2. The van der Waals surface area contributed by atoms with Crippen molar-refractivity contribution >= 4 is 29.2 Å². The number of halogens is 3. The fourth-order valence-electron chi connectivity index (χ4n) is 2.49. The molecule has 0 atom stereocenters. The van der Waals surface area contributed by atoms with Crippen LogP contribution in [-0.4, -0.2) is 22.2 Å². The van der Waals surface area contributed by atoms with Crippen LogP contribution in [0.1, 0.15) is 19.8 Å². The molecule has 2 rings (SSSR count). The predicted octanol–water partition coefficient (Wildman–Crippen LogP) is 5.45. The zero-order chi connectivity index (χ0) is 19.6. The number of unbranched alkanes of at least 4 members (excludes halogenated alkanes) is 1. The maximum Gasteiger partial charge on any atom is 0.534 e. The Kier molecular flexibility index (Phi) is 5.91. The summed E-state index contributed by atoms with van der Waals surface area (Å²) < 4.78 is 70.4. The molecular formula is C17H21F3O4SSi. The molecule has 0 spiro atoms. The van der Waals surface area contributed by atoms with Crippen LogP contribution in [0.5, 0.6) is 11.5 Å². The SMILES string of the molecule is CCCC[Si](C)(C)Oc1cccc2ccc(OS(=O)(=O)C(F)(F)F)cc12. The molecule has 9 heteroatoms. The Bertz CT molecular complexity index is 879. The van der Waals surface area contributed by atoms with Gasteiger partial charge in [-0.15, -0.1) is 0 Å². The first-order chi connectivity index (χ1) is 12.0. The van der Waals surface area contributed by atoms with Crippen molar-refractivity contribution in [2.45, 2.75) is 44.4 Å².